The standard InChI is InChI=1S/C19H17NO/c1-3-8-15(9-4-1)19(16-10-5-2-6-11-16)18(21-19)14-17-12-7-13-20-17/h1-13,18,20H,14H2. The van der Waals surface area contributed by atoms with Gasteiger partial charge in [0.1, 0.15) is 11.7 Å². The molecule has 1 fully saturated rings. The fourth-order valence-electron chi connectivity index (χ4n) is 3.12. The van der Waals surface area contributed by atoms with E-state index in [1.165, 1.54) is 16.8 Å². The van der Waals surface area contributed by atoms with Gasteiger partial charge in [-0.05, 0) is 23.3 Å². The Morgan fingerprint density at radius 3 is 1.95 bits per heavy atom. The maximum Gasteiger partial charge on any atom is 0.145 e. The van der Waals surface area contributed by atoms with Crippen LogP contribution < -0.4 is 0 Å². The second kappa shape index (κ2) is 4.90. The molecule has 21 heavy (non-hydrogen) atoms. The van der Waals surface area contributed by atoms with E-state index in [1.807, 2.05) is 24.4 Å². The smallest absolute Gasteiger partial charge is 0.145 e. The van der Waals surface area contributed by atoms with E-state index in [1.54, 1.807) is 0 Å². The van der Waals surface area contributed by atoms with Gasteiger partial charge in [0.15, 0.2) is 0 Å². The molecule has 0 amide bonds. The van der Waals surface area contributed by atoms with Gasteiger partial charge >= 0.3 is 0 Å². The van der Waals surface area contributed by atoms with Crippen LogP contribution in [0.3, 0.4) is 0 Å². The molecule has 1 saturated heterocycles. The topological polar surface area (TPSA) is 28.3 Å². The number of nitrogens with one attached hydrogen (secondary N) is 1. The molecule has 1 unspecified atom stereocenters. The predicted octanol–water partition coefficient (Wildman–Crippen LogP) is 3.90. The summed E-state index contributed by atoms with van der Waals surface area (Å²) in [5.74, 6) is 0. The molecular weight excluding hydrogens is 258 g/mol. The number of H-pyrrole nitrogens is 1. The zero-order valence-electron chi connectivity index (χ0n) is 11.7. The summed E-state index contributed by atoms with van der Waals surface area (Å²) in [6, 6.07) is 25.2. The summed E-state index contributed by atoms with van der Waals surface area (Å²) in [6.45, 7) is 0. The van der Waals surface area contributed by atoms with Gasteiger partial charge in [0.25, 0.3) is 0 Å². The van der Waals surface area contributed by atoms with Crippen molar-refractivity contribution in [3.63, 3.8) is 0 Å². The molecule has 0 aliphatic carbocycles. The van der Waals surface area contributed by atoms with Gasteiger partial charge in [0, 0.05) is 18.3 Å². The number of epoxide rings is 1. The molecule has 1 aliphatic heterocycles. The van der Waals surface area contributed by atoms with E-state index in [9.17, 15) is 0 Å². The molecule has 1 aromatic heterocycles. The first-order valence-corrected chi connectivity index (χ1v) is 7.31. The molecule has 1 aliphatic rings. The van der Waals surface area contributed by atoms with Gasteiger partial charge in [0.2, 0.25) is 0 Å². The molecule has 2 nitrogen and oxygen atoms in total. The molecule has 2 heterocycles. The van der Waals surface area contributed by atoms with Gasteiger partial charge in [-0.1, -0.05) is 60.7 Å². The highest BCUT2D eigenvalue weighted by atomic mass is 16.6. The lowest BCUT2D eigenvalue weighted by Gasteiger charge is -2.14. The summed E-state index contributed by atoms with van der Waals surface area (Å²) in [6.07, 6.45) is 3.04. The van der Waals surface area contributed by atoms with Crippen LogP contribution in [0.1, 0.15) is 16.8 Å². The number of rotatable bonds is 4. The zero-order chi connectivity index (χ0) is 14.1. The van der Waals surface area contributed by atoms with Gasteiger partial charge in [-0.15, -0.1) is 0 Å². The minimum absolute atomic E-state index is 0.181. The summed E-state index contributed by atoms with van der Waals surface area (Å²) in [5, 5.41) is 0. The minimum atomic E-state index is -0.298. The third-order valence-corrected chi connectivity index (χ3v) is 4.20. The van der Waals surface area contributed by atoms with Crippen molar-refractivity contribution in [2.45, 2.75) is 18.1 Å². The van der Waals surface area contributed by atoms with Crippen LogP contribution in [0.5, 0.6) is 0 Å². The van der Waals surface area contributed by atoms with E-state index >= 15 is 0 Å². The van der Waals surface area contributed by atoms with Crippen LogP contribution in [0.2, 0.25) is 0 Å². The van der Waals surface area contributed by atoms with Crippen molar-refractivity contribution in [3.05, 3.63) is 95.8 Å². The Hall–Kier alpha value is -2.32. The van der Waals surface area contributed by atoms with Gasteiger partial charge in [0.05, 0.1) is 0 Å². The lowest BCUT2D eigenvalue weighted by atomic mass is 9.86. The van der Waals surface area contributed by atoms with Crippen LogP contribution in [0.25, 0.3) is 0 Å². The second-order valence-corrected chi connectivity index (χ2v) is 5.47. The van der Waals surface area contributed by atoms with Crippen molar-refractivity contribution in [3.8, 4) is 0 Å². The third kappa shape index (κ3) is 2.08. The summed E-state index contributed by atoms with van der Waals surface area (Å²) in [4.78, 5) is 3.27. The van der Waals surface area contributed by atoms with Crippen molar-refractivity contribution in [1.29, 1.82) is 0 Å². The maximum absolute atomic E-state index is 6.23. The fraction of sp³-hybridized carbons (Fsp3) is 0.158. The maximum atomic E-state index is 6.23. The van der Waals surface area contributed by atoms with Gasteiger partial charge in [-0.25, -0.2) is 0 Å². The average molecular weight is 275 g/mol. The largest absolute Gasteiger partial charge is 0.365 e. The Kier molecular flexibility index (Phi) is 2.90. The van der Waals surface area contributed by atoms with Gasteiger partial charge < -0.3 is 9.72 Å². The van der Waals surface area contributed by atoms with Crippen LogP contribution in [0.4, 0.5) is 0 Å². The molecule has 0 bridgehead atoms. The van der Waals surface area contributed by atoms with Gasteiger partial charge in [-0.3, -0.25) is 0 Å². The molecule has 104 valence electrons. The monoisotopic (exact) mass is 275 g/mol. The number of aromatic amines is 1. The first kappa shape index (κ1) is 12.4. The van der Waals surface area contributed by atoms with Crippen LogP contribution >= 0.6 is 0 Å². The van der Waals surface area contributed by atoms with Crippen molar-refractivity contribution in [1.82, 2.24) is 4.98 Å². The Labute approximate surface area is 124 Å². The summed E-state index contributed by atoms with van der Waals surface area (Å²) in [5.41, 5.74) is 3.38. The van der Waals surface area contributed by atoms with Crippen molar-refractivity contribution in [2.24, 2.45) is 0 Å². The number of hydrogen-bond acceptors (Lipinski definition) is 1. The molecule has 1 N–H and O–H groups in total. The Balaban J connectivity index is 1.72. The summed E-state index contributed by atoms with van der Waals surface area (Å²) >= 11 is 0. The SMILES string of the molecule is c1ccc(C2(c3ccccc3)OC2Cc2ccc[nH]2)cc1. The molecule has 0 saturated carbocycles. The number of ether oxygens (including phenoxy) is 1. The lowest BCUT2D eigenvalue weighted by Crippen LogP contribution is -2.16. The molecule has 2 aromatic carbocycles. The van der Waals surface area contributed by atoms with Crippen LogP contribution in [-0.4, -0.2) is 11.1 Å². The van der Waals surface area contributed by atoms with E-state index in [0.717, 1.165) is 6.42 Å². The molecular formula is C19H17NO. The molecule has 0 radical (unpaired) electrons. The lowest BCUT2D eigenvalue weighted by molar-refractivity contribution is 0.326. The third-order valence-electron chi connectivity index (χ3n) is 4.20. The Morgan fingerprint density at radius 1 is 0.810 bits per heavy atom. The Morgan fingerprint density at radius 2 is 1.43 bits per heavy atom. The molecule has 4 rings (SSSR count). The molecule has 0 spiro atoms. The highest BCUT2D eigenvalue weighted by Crippen LogP contribution is 2.52. The average Bonchev–Trinajstić information content (AvgIpc) is 3.03. The number of aromatic nitrogens is 1. The van der Waals surface area contributed by atoms with E-state index < -0.39 is 0 Å². The highest BCUT2D eigenvalue weighted by molar-refractivity contribution is 5.43. The van der Waals surface area contributed by atoms with Gasteiger partial charge in [-0.2, -0.15) is 0 Å². The van der Waals surface area contributed by atoms with Crippen LogP contribution in [-0.2, 0) is 16.8 Å². The highest BCUT2D eigenvalue weighted by Gasteiger charge is 2.58. The first-order chi connectivity index (χ1) is 10.4. The van der Waals surface area contributed by atoms with Crippen LogP contribution in [0.15, 0.2) is 79.0 Å². The second-order valence-electron chi connectivity index (χ2n) is 5.47. The fourth-order valence-corrected chi connectivity index (χ4v) is 3.12. The van der Waals surface area contributed by atoms with E-state index in [4.69, 9.17) is 4.74 Å². The predicted molar refractivity (Wildman–Crippen MR) is 83.0 cm³/mol. The zero-order valence-corrected chi connectivity index (χ0v) is 11.7. The number of benzene rings is 2. The van der Waals surface area contributed by atoms with E-state index in [0.29, 0.717) is 0 Å². The van der Waals surface area contributed by atoms with E-state index in [-0.39, 0.29) is 11.7 Å². The van der Waals surface area contributed by atoms with Crippen LogP contribution in [0, 0.1) is 0 Å². The molecule has 1 atom stereocenters. The van der Waals surface area contributed by atoms with Crippen molar-refractivity contribution in [2.75, 3.05) is 0 Å². The molecule has 3 aromatic rings. The quantitative estimate of drug-likeness (QED) is 0.719. The summed E-state index contributed by atoms with van der Waals surface area (Å²) in [7, 11) is 0. The molecule has 2 heteroatoms. The summed E-state index contributed by atoms with van der Waals surface area (Å²) < 4.78 is 6.23. The van der Waals surface area contributed by atoms with Crippen molar-refractivity contribution >= 4 is 0 Å². The van der Waals surface area contributed by atoms with E-state index in [2.05, 4.69) is 59.6 Å². The first-order valence-electron chi connectivity index (χ1n) is 7.31. The Bertz CT molecular complexity index is 664. The van der Waals surface area contributed by atoms with Crippen molar-refractivity contribution < 1.29 is 4.74 Å². The minimum Gasteiger partial charge on any atom is -0.365 e. The normalized spacial score (nSPS) is 19.3. The number of hydrogen-bond donors (Lipinski definition) is 1.